The van der Waals surface area contributed by atoms with E-state index in [2.05, 4.69) is 10.3 Å². The molecule has 0 bridgehead atoms. The fourth-order valence-corrected chi connectivity index (χ4v) is 3.05. The maximum Gasteiger partial charge on any atom is 0.335 e. The Kier molecular flexibility index (Phi) is 2.53. The molecule has 0 amide bonds. The molecule has 2 aliphatic rings. The van der Waals surface area contributed by atoms with Crippen molar-refractivity contribution >= 4 is 17.0 Å². The van der Waals surface area contributed by atoms with E-state index in [4.69, 9.17) is 9.84 Å². The molecule has 1 saturated carbocycles. The lowest BCUT2D eigenvalue weighted by Crippen LogP contribution is -2.23. The number of hydrogen-bond acceptors (Lipinski definition) is 4. The van der Waals surface area contributed by atoms with Crippen LogP contribution in [0.15, 0.2) is 18.2 Å². The minimum absolute atomic E-state index is 0.177. The normalized spacial score (nSPS) is 26.2. The number of nitrogens with zero attached hydrogens (tertiary/aromatic N) is 3. The zero-order valence-corrected chi connectivity index (χ0v) is 10.9. The Morgan fingerprint density at radius 2 is 2.20 bits per heavy atom. The lowest BCUT2D eigenvalue weighted by Gasteiger charge is -2.18. The van der Waals surface area contributed by atoms with E-state index in [1.807, 2.05) is 4.68 Å². The molecule has 2 aromatic rings. The molecular weight excluding hydrogens is 258 g/mol. The van der Waals surface area contributed by atoms with Crippen molar-refractivity contribution in [3.8, 4) is 0 Å². The van der Waals surface area contributed by atoms with Gasteiger partial charge in [0.2, 0.25) is 0 Å². The number of aromatic nitrogens is 3. The molecule has 104 valence electrons. The van der Waals surface area contributed by atoms with E-state index >= 15 is 0 Å². The molecule has 2 heterocycles. The maximum absolute atomic E-state index is 11.1. The van der Waals surface area contributed by atoms with Gasteiger partial charge in [-0.05, 0) is 43.4 Å². The molecule has 6 heteroatoms. The second kappa shape index (κ2) is 4.28. The van der Waals surface area contributed by atoms with Gasteiger partial charge < -0.3 is 9.84 Å². The molecule has 2 unspecified atom stereocenters. The number of carboxylic acids is 1. The van der Waals surface area contributed by atoms with Crippen LogP contribution in [0.1, 0.15) is 35.7 Å². The van der Waals surface area contributed by atoms with Gasteiger partial charge in [-0.25, -0.2) is 9.48 Å². The highest BCUT2D eigenvalue weighted by molar-refractivity contribution is 5.92. The predicted molar refractivity (Wildman–Crippen MR) is 70.6 cm³/mol. The van der Waals surface area contributed by atoms with Gasteiger partial charge in [-0.15, -0.1) is 5.10 Å². The first-order valence-electron chi connectivity index (χ1n) is 6.94. The molecule has 1 aliphatic heterocycles. The van der Waals surface area contributed by atoms with E-state index in [0.717, 1.165) is 24.1 Å². The van der Waals surface area contributed by atoms with Crippen LogP contribution < -0.4 is 0 Å². The third-order valence-electron chi connectivity index (χ3n) is 4.22. The summed E-state index contributed by atoms with van der Waals surface area (Å²) in [5.74, 6) is -0.300. The van der Waals surface area contributed by atoms with Crippen LogP contribution in [-0.4, -0.2) is 38.8 Å². The van der Waals surface area contributed by atoms with Gasteiger partial charge in [-0.3, -0.25) is 0 Å². The van der Waals surface area contributed by atoms with Crippen molar-refractivity contribution < 1.29 is 14.6 Å². The van der Waals surface area contributed by atoms with E-state index < -0.39 is 5.97 Å². The van der Waals surface area contributed by atoms with Crippen molar-refractivity contribution in [2.24, 2.45) is 5.92 Å². The quantitative estimate of drug-likeness (QED) is 0.923. The minimum Gasteiger partial charge on any atom is -0.478 e. The van der Waals surface area contributed by atoms with Crippen LogP contribution in [0.4, 0.5) is 0 Å². The van der Waals surface area contributed by atoms with Crippen molar-refractivity contribution in [3.63, 3.8) is 0 Å². The summed E-state index contributed by atoms with van der Waals surface area (Å²) in [5, 5.41) is 17.5. The molecule has 2 fully saturated rings. The van der Waals surface area contributed by atoms with E-state index in [1.165, 1.54) is 12.8 Å². The number of ether oxygens (including phenoxy) is 1. The third kappa shape index (κ3) is 1.79. The Labute approximate surface area is 115 Å². The molecule has 1 aromatic heterocycles. The zero-order valence-electron chi connectivity index (χ0n) is 10.9. The van der Waals surface area contributed by atoms with Crippen LogP contribution in [0.5, 0.6) is 0 Å². The highest BCUT2D eigenvalue weighted by atomic mass is 16.5. The topological polar surface area (TPSA) is 77.2 Å². The molecular formula is C14H15N3O3. The summed E-state index contributed by atoms with van der Waals surface area (Å²) in [7, 11) is 0. The first-order chi connectivity index (χ1) is 9.74. The summed E-state index contributed by atoms with van der Waals surface area (Å²) >= 11 is 0. The maximum atomic E-state index is 11.1. The number of rotatable bonds is 3. The second-order valence-electron chi connectivity index (χ2n) is 5.57. The van der Waals surface area contributed by atoms with Gasteiger partial charge in [-0.2, -0.15) is 0 Å². The van der Waals surface area contributed by atoms with Crippen molar-refractivity contribution in [1.82, 2.24) is 15.0 Å². The Bertz CT molecular complexity index is 677. The summed E-state index contributed by atoms with van der Waals surface area (Å²) in [4.78, 5) is 11.1. The van der Waals surface area contributed by atoms with Crippen LogP contribution in [0.3, 0.4) is 0 Å². The fourth-order valence-electron chi connectivity index (χ4n) is 3.05. The minimum atomic E-state index is -0.930. The zero-order chi connectivity index (χ0) is 13.7. The van der Waals surface area contributed by atoms with Crippen LogP contribution in [0.2, 0.25) is 0 Å². The van der Waals surface area contributed by atoms with E-state index in [1.54, 1.807) is 18.2 Å². The summed E-state index contributed by atoms with van der Waals surface area (Å²) in [6.45, 7) is 0.742. The Morgan fingerprint density at radius 1 is 1.35 bits per heavy atom. The van der Waals surface area contributed by atoms with Gasteiger partial charge in [0.05, 0.1) is 23.2 Å². The molecule has 1 N–H and O–H groups in total. The standard InChI is InChI=1S/C14H15N3O3/c18-14(19)9-3-4-10-12(7-9)17(16-15-10)11-5-6-20-13(11)8-1-2-8/h3-4,7-8,11,13H,1-2,5-6H2,(H,18,19). The van der Waals surface area contributed by atoms with E-state index in [-0.39, 0.29) is 17.7 Å². The lowest BCUT2D eigenvalue weighted by atomic mass is 10.1. The van der Waals surface area contributed by atoms with Gasteiger partial charge in [-0.1, -0.05) is 5.21 Å². The Balaban J connectivity index is 1.78. The van der Waals surface area contributed by atoms with E-state index in [0.29, 0.717) is 5.92 Å². The first-order valence-corrected chi connectivity index (χ1v) is 6.94. The molecule has 2 atom stereocenters. The number of aromatic carboxylic acids is 1. The number of carbonyl (C=O) groups is 1. The highest BCUT2D eigenvalue weighted by Gasteiger charge is 2.42. The highest BCUT2D eigenvalue weighted by Crippen LogP contribution is 2.43. The molecule has 6 nitrogen and oxygen atoms in total. The summed E-state index contributed by atoms with van der Waals surface area (Å²) in [6, 6.07) is 5.11. The summed E-state index contributed by atoms with van der Waals surface area (Å²) in [6.07, 6.45) is 3.55. The molecule has 20 heavy (non-hydrogen) atoms. The van der Waals surface area contributed by atoms with Gasteiger partial charge in [0.1, 0.15) is 5.52 Å². The van der Waals surface area contributed by atoms with Gasteiger partial charge >= 0.3 is 5.97 Å². The number of hydrogen-bond donors (Lipinski definition) is 1. The molecule has 4 rings (SSSR count). The monoisotopic (exact) mass is 273 g/mol. The summed E-state index contributed by atoms with van der Waals surface area (Å²) < 4.78 is 7.69. The number of fused-ring (bicyclic) bond motifs is 1. The second-order valence-corrected chi connectivity index (χ2v) is 5.57. The van der Waals surface area contributed by atoms with Crippen LogP contribution >= 0.6 is 0 Å². The SMILES string of the molecule is O=C(O)c1ccc2nnn(C3CCOC3C3CC3)c2c1. The molecule has 0 radical (unpaired) electrons. The van der Waals surface area contributed by atoms with Crippen molar-refractivity contribution in [2.45, 2.75) is 31.4 Å². The van der Waals surface area contributed by atoms with Crippen LogP contribution in [0.25, 0.3) is 11.0 Å². The van der Waals surface area contributed by atoms with Crippen LogP contribution in [-0.2, 0) is 4.74 Å². The van der Waals surface area contributed by atoms with Gasteiger partial charge in [0.25, 0.3) is 0 Å². The van der Waals surface area contributed by atoms with E-state index in [9.17, 15) is 4.79 Å². The molecule has 1 aliphatic carbocycles. The number of carboxylic acid groups (broad SMARTS) is 1. The largest absolute Gasteiger partial charge is 0.478 e. The average Bonchev–Trinajstić information content (AvgIpc) is 3.02. The predicted octanol–water partition coefficient (Wildman–Crippen LogP) is 1.87. The van der Waals surface area contributed by atoms with Gasteiger partial charge in [0.15, 0.2) is 0 Å². The summed E-state index contributed by atoms with van der Waals surface area (Å²) in [5.41, 5.74) is 1.78. The Morgan fingerprint density at radius 3 is 2.95 bits per heavy atom. The van der Waals surface area contributed by atoms with Gasteiger partial charge in [0, 0.05) is 6.61 Å². The van der Waals surface area contributed by atoms with Crippen molar-refractivity contribution in [3.05, 3.63) is 23.8 Å². The smallest absolute Gasteiger partial charge is 0.335 e. The molecule has 1 aromatic carbocycles. The van der Waals surface area contributed by atoms with Crippen molar-refractivity contribution in [2.75, 3.05) is 6.61 Å². The number of benzene rings is 1. The Hall–Kier alpha value is -1.95. The van der Waals surface area contributed by atoms with Crippen molar-refractivity contribution in [1.29, 1.82) is 0 Å². The third-order valence-corrected chi connectivity index (χ3v) is 4.22. The average molecular weight is 273 g/mol. The fraction of sp³-hybridized carbons (Fsp3) is 0.500. The molecule has 1 saturated heterocycles. The molecule has 0 spiro atoms. The lowest BCUT2D eigenvalue weighted by molar-refractivity contribution is 0.0697. The first kappa shape index (κ1) is 11.8. The van der Waals surface area contributed by atoms with Crippen LogP contribution in [0, 0.1) is 5.92 Å².